The fraction of sp³-hybridized carbons (Fsp3) is 0.0769. The molecule has 0 aliphatic rings. The van der Waals surface area contributed by atoms with E-state index >= 15 is 0 Å². The number of rotatable bonds is 6. The highest BCUT2D eigenvalue weighted by molar-refractivity contribution is 5.74. The van der Waals surface area contributed by atoms with Gasteiger partial charge in [0.2, 0.25) is 5.82 Å². The van der Waals surface area contributed by atoms with Gasteiger partial charge in [0.05, 0.1) is 5.69 Å². The summed E-state index contributed by atoms with van der Waals surface area (Å²) < 4.78 is 5.50. The topological polar surface area (TPSA) is 99.5 Å². The monoisotopic (exact) mass is 268 g/mol. The average Bonchev–Trinajstić information content (AvgIpc) is 3.01. The van der Waals surface area contributed by atoms with Crippen molar-refractivity contribution in [2.75, 3.05) is 11.9 Å². The number of H-pyrrole nitrogens is 1. The molecule has 1 aromatic heterocycles. The molecule has 0 saturated heterocycles. The van der Waals surface area contributed by atoms with Crippen molar-refractivity contribution in [3.63, 3.8) is 0 Å². The van der Waals surface area contributed by atoms with E-state index in [4.69, 9.17) is 10.00 Å². The van der Waals surface area contributed by atoms with E-state index in [0.29, 0.717) is 12.4 Å². The molecule has 2 rings (SSSR count). The lowest BCUT2D eigenvalue weighted by Crippen LogP contribution is -1.98. The van der Waals surface area contributed by atoms with Crippen molar-refractivity contribution < 1.29 is 4.74 Å². The minimum absolute atomic E-state index is 0.226. The van der Waals surface area contributed by atoms with Crippen molar-refractivity contribution in [2.45, 2.75) is 0 Å². The van der Waals surface area contributed by atoms with E-state index in [0.717, 1.165) is 5.69 Å². The maximum atomic E-state index is 9.06. The van der Waals surface area contributed by atoms with Gasteiger partial charge >= 0.3 is 0 Å². The van der Waals surface area contributed by atoms with Gasteiger partial charge in [-0.3, -0.25) is 0 Å². The maximum absolute atomic E-state index is 9.06. The Morgan fingerprint density at radius 2 is 2.35 bits per heavy atom. The van der Waals surface area contributed by atoms with Crippen LogP contribution in [0.4, 0.5) is 5.69 Å². The van der Waals surface area contributed by atoms with Crippen molar-refractivity contribution in [1.29, 1.82) is 5.26 Å². The minimum Gasteiger partial charge on any atom is -0.487 e. The van der Waals surface area contributed by atoms with Crippen LogP contribution in [0.3, 0.4) is 0 Å². The first kappa shape index (κ1) is 13.3. The molecule has 0 aliphatic heterocycles. The zero-order chi connectivity index (χ0) is 14.2. The Balaban J connectivity index is 2.17. The first-order valence-electron chi connectivity index (χ1n) is 5.78. The molecule has 0 aliphatic carbocycles. The van der Waals surface area contributed by atoms with Crippen LogP contribution in [-0.4, -0.2) is 27.2 Å². The third kappa shape index (κ3) is 3.20. The van der Waals surface area contributed by atoms with Gasteiger partial charge in [-0.2, -0.15) is 10.5 Å². The molecule has 7 heteroatoms. The first-order valence-corrected chi connectivity index (χ1v) is 5.78. The van der Waals surface area contributed by atoms with Gasteiger partial charge in [-0.25, -0.2) is 0 Å². The number of hydrogen-bond donors (Lipinski definition) is 2. The van der Waals surface area contributed by atoms with E-state index in [1.54, 1.807) is 6.08 Å². The van der Waals surface area contributed by atoms with Gasteiger partial charge < -0.3 is 10.1 Å². The Bertz CT molecular complexity index is 641. The molecule has 20 heavy (non-hydrogen) atoms. The van der Waals surface area contributed by atoms with Crippen LogP contribution in [0, 0.1) is 11.3 Å². The number of para-hydroxylation sites is 2. The molecule has 0 saturated carbocycles. The fourth-order valence-electron chi connectivity index (χ4n) is 1.43. The Labute approximate surface area is 115 Å². The van der Waals surface area contributed by atoms with Crippen LogP contribution in [-0.2, 0) is 0 Å². The Hall–Kier alpha value is -3.14. The number of allylic oxidation sites excluding steroid dienone is 1. The van der Waals surface area contributed by atoms with Crippen LogP contribution >= 0.6 is 0 Å². The van der Waals surface area contributed by atoms with Gasteiger partial charge in [0, 0.05) is 6.20 Å². The number of nitrogens with zero attached hydrogens (tertiary/aromatic N) is 4. The van der Waals surface area contributed by atoms with E-state index in [1.165, 1.54) is 6.20 Å². The van der Waals surface area contributed by atoms with E-state index in [1.807, 2.05) is 30.3 Å². The average molecular weight is 268 g/mol. The van der Waals surface area contributed by atoms with Gasteiger partial charge in [0.25, 0.3) is 0 Å². The standard InChI is InChI=1S/C13H12N6O/c1-2-7-20-12-6-4-3-5-11(12)15-9-10(8-14)13-16-18-19-17-13/h2-6,9,15H,1,7H2,(H,16,17,18,19). The van der Waals surface area contributed by atoms with Crippen LogP contribution in [0.1, 0.15) is 5.82 Å². The largest absolute Gasteiger partial charge is 0.487 e. The molecule has 7 nitrogen and oxygen atoms in total. The highest BCUT2D eigenvalue weighted by Gasteiger charge is 2.06. The lowest BCUT2D eigenvalue weighted by molar-refractivity contribution is 0.365. The molecule has 0 bridgehead atoms. The van der Waals surface area contributed by atoms with Crippen molar-refractivity contribution in [2.24, 2.45) is 0 Å². The van der Waals surface area contributed by atoms with E-state index in [2.05, 4.69) is 32.5 Å². The third-order valence-corrected chi connectivity index (χ3v) is 2.32. The maximum Gasteiger partial charge on any atom is 0.216 e. The molecular formula is C13H12N6O. The lowest BCUT2D eigenvalue weighted by Gasteiger charge is -2.09. The van der Waals surface area contributed by atoms with Crippen LogP contribution < -0.4 is 10.1 Å². The zero-order valence-electron chi connectivity index (χ0n) is 10.6. The molecule has 0 atom stereocenters. The van der Waals surface area contributed by atoms with Crippen molar-refractivity contribution in [3.8, 4) is 11.8 Å². The van der Waals surface area contributed by atoms with Crippen LogP contribution in [0.2, 0.25) is 0 Å². The SMILES string of the molecule is C=CCOc1ccccc1NC=C(C#N)c1nn[nH]n1. The second-order valence-electron chi connectivity index (χ2n) is 3.65. The van der Waals surface area contributed by atoms with Crippen LogP contribution in [0.15, 0.2) is 43.1 Å². The van der Waals surface area contributed by atoms with Gasteiger partial charge in [-0.1, -0.05) is 24.8 Å². The molecule has 1 aromatic carbocycles. The number of tetrazole rings is 1. The molecule has 2 aromatic rings. The van der Waals surface area contributed by atoms with E-state index in [9.17, 15) is 0 Å². The second kappa shape index (κ2) is 6.70. The number of hydrogen-bond acceptors (Lipinski definition) is 6. The predicted molar refractivity (Wildman–Crippen MR) is 73.5 cm³/mol. The summed E-state index contributed by atoms with van der Waals surface area (Å²) >= 11 is 0. The molecule has 0 radical (unpaired) electrons. The molecule has 1 heterocycles. The van der Waals surface area contributed by atoms with Crippen LogP contribution in [0.5, 0.6) is 5.75 Å². The highest BCUT2D eigenvalue weighted by Crippen LogP contribution is 2.24. The third-order valence-electron chi connectivity index (χ3n) is 2.32. The van der Waals surface area contributed by atoms with E-state index in [-0.39, 0.29) is 11.4 Å². The van der Waals surface area contributed by atoms with Gasteiger partial charge in [-0.15, -0.1) is 10.2 Å². The molecule has 2 N–H and O–H groups in total. The molecule has 0 spiro atoms. The second-order valence-corrected chi connectivity index (χ2v) is 3.65. The summed E-state index contributed by atoms with van der Waals surface area (Å²) in [6, 6.07) is 9.36. The Morgan fingerprint density at radius 3 is 3.05 bits per heavy atom. The van der Waals surface area contributed by atoms with Gasteiger partial charge in [0.15, 0.2) is 0 Å². The van der Waals surface area contributed by atoms with Crippen molar-refractivity contribution in [1.82, 2.24) is 20.6 Å². The van der Waals surface area contributed by atoms with Crippen molar-refractivity contribution >= 4 is 11.3 Å². The lowest BCUT2D eigenvalue weighted by atomic mass is 10.2. The number of nitriles is 1. The molecule has 0 unspecified atom stereocenters. The summed E-state index contributed by atoms with van der Waals surface area (Å²) in [7, 11) is 0. The van der Waals surface area contributed by atoms with Gasteiger partial charge in [-0.05, 0) is 17.3 Å². The molecule has 100 valence electrons. The predicted octanol–water partition coefficient (Wildman–Crippen LogP) is 1.74. The van der Waals surface area contributed by atoms with E-state index < -0.39 is 0 Å². The number of aromatic nitrogens is 4. The molecule has 0 fully saturated rings. The number of ether oxygens (including phenoxy) is 1. The first-order chi connectivity index (χ1) is 9.85. The summed E-state index contributed by atoms with van der Waals surface area (Å²) in [4.78, 5) is 0. The number of nitrogens with one attached hydrogen (secondary N) is 2. The summed E-state index contributed by atoms with van der Waals surface area (Å²) in [5.74, 6) is 0.888. The summed E-state index contributed by atoms with van der Waals surface area (Å²) in [6.45, 7) is 4.00. The number of aromatic amines is 1. The fourth-order valence-corrected chi connectivity index (χ4v) is 1.43. The normalized spacial score (nSPS) is 10.7. The summed E-state index contributed by atoms with van der Waals surface area (Å²) in [5.41, 5.74) is 0.989. The molecular weight excluding hydrogens is 256 g/mol. The Kier molecular flexibility index (Phi) is 4.46. The van der Waals surface area contributed by atoms with Crippen LogP contribution in [0.25, 0.3) is 5.57 Å². The molecule has 0 amide bonds. The summed E-state index contributed by atoms with van der Waals surface area (Å²) in [6.07, 6.45) is 3.16. The minimum atomic E-state index is 0.226. The van der Waals surface area contributed by atoms with Gasteiger partial charge in [0.1, 0.15) is 24.0 Å². The highest BCUT2D eigenvalue weighted by atomic mass is 16.5. The summed E-state index contributed by atoms with van der Waals surface area (Å²) in [5, 5.41) is 25.3. The Morgan fingerprint density at radius 1 is 1.50 bits per heavy atom. The van der Waals surface area contributed by atoms with Crippen molar-refractivity contribution in [3.05, 3.63) is 48.9 Å². The zero-order valence-corrected chi connectivity index (χ0v) is 10.6. The quantitative estimate of drug-likeness (QED) is 0.611. The number of anilines is 1. The number of benzene rings is 1. The smallest absolute Gasteiger partial charge is 0.216 e.